The van der Waals surface area contributed by atoms with Gasteiger partial charge in [0.15, 0.2) is 9.84 Å². The summed E-state index contributed by atoms with van der Waals surface area (Å²) in [5.74, 6) is 0.295. The van der Waals surface area contributed by atoms with Gasteiger partial charge in [0.25, 0.3) is 5.91 Å². The predicted molar refractivity (Wildman–Crippen MR) is 97.0 cm³/mol. The predicted octanol–water partition coefficient (Wildman–Crippen LogP) is 2.08. The number of hydrogen-bond acceptors (Lipinski definition) is 7. The van der Waals surface area contributed by atoms with Crippen LogP contribution in [0, 0.1) is 0 Å². The normalized spacial score (nSPS) is 11.2. The van der Waals surface area contributed by atoms with E-state index in [9.17, 15) is 13.2 Å². The maximum atomic E-state index is 12.3. The first-order valence-corrected chi connectivity index (χ1v) is 9.81. The first-order valence-electron chi connectivity index (χ1n) is 7.92. The molecule has 0 spiro atoms. The molecule has 0 fully saturated rings. The lowest BCUT2D eigenvalue weighted by atomic mass is 10.2. The minimum absolute atomic E-state index is 0.0128. The molecule has 3 rings (SSSR count). The van der Waals surface area contributed by atoms with Gasteiger partial charge in [0.05, 0.1) is 13.7 Å². The number of benzene rings is 2. The second-order valence-corrected chi connectivity index (χ2v) is 7.67. The molecule has 0 unspecified atom stereocenters. The molecule has 8 nitrogen and oxygen atoms in total. The minimum atomic E-state index is -3.54. The van der Waals surface area contributed by atoms with Crippen LogP contribution in [0.25, 0.3) is 11.5 Å². The number of hydrogen-bond donors (Lipinski definition) is 1. The molecule has 1 N–H and O–H groups in total. The summed E-state index contributed by atoms with van der Waals surface area (Å²) in [7, 11) is -2.18. The third-order valence-electron chi connectivity index (χ3n) is 3.71. The Bertz CT molecular complexity index is 1060. The zero-order valence-corrected chi connectivity index (χ0v) is 15.5. The van der Waals surface area contributed by atoms with E-state index in [0.29, 0.717) is 5.89 Å². The number of ether oxygens (including phenoxy) is 1. The third-order valence-corrected chi connectivity index (χ3v) is 4.83. The smallest absolute Gasteiger partial charge is 0.251 e. The van der Waals surface area contributed by atoms with Gasteiger partial charge in [-0.05, 0) is 30.3 Å². The van der Waals surface area contributed by atoms with Crippen LogP contribution in [0.1, 0.15) is 16.2 Å². The van der Waals surface area contributed by atoms with Gasteiger partial charge in [0, 0.05) is 17.4 Å². The number of sulfone groups is 1. The second kappa shape index (κ2) is 7.58. The number of rotatable bonds is 6. The maximum absolute atomic E-state index is 12.3. The van der Waals surface area contributed by atoms with E-state index in [4.69, 9.17) is 9.15 Å². The first-order chi connectivity index (χ1) is 12.9. The first kappa shape index (κ1) is 18.6. The van der Waals surface area contributed by atoms with Crippen molar-refractivity contribution in [2.24, 2.45) is 0 Å². The summed E-state index contributed by atoms with van der Waals surface area (Å²) >= 11 is 0. The molecule has 0 atom stereocenters. The Kier molecular flexibility index (Phi) is 5.22. The van der Waals surface area contributed by atoms with Crippen molar-refractivity contribution in [2.45, 2.75) is 11.4 Å². The number of carbonyl (C=O) groups is 1. The van der Waals surface area contributed by atoms with Gasteiger partial charge < -0.3 is 14.5 Å². The molecule has 0 aliphatic heterocycles. The minimum Gasteiger partial charge on any atom is -0.495 e. The van der Waals surface area contributed by atoms with E-state index in [1.807, 2.05) is 30.3 Å². The molecule has 9 heteroatoms. The highest BCUT2D eigenvalue weighted by Crippen LogP contribution is 2.25. The highest BCUT2D eigenvalue weighted by molar-refractivity contribution is 7.90. The van der Waals surface area contributed by atoms with Gasteiger partial charge in [-0.1, -0.05) is 18.2 Å². The van der Waals surface area contributed by atoms with Gasteiger partial charge in [-0.25, -0.2) is 8.42 Å². The van der Waals surface area contributed by atoms with E-state index in [1.165, 1.54) is 25.3 Å². The van der Waals surface area contributed by atoms with Crippen molar-refractivity contribution in [2.75, 3.05) is 13.4 Å². The van der Waals surface area contributed by atoms with Gasteiger partial charge in [-0.3, -0.25) is 4.79 Å². The van der Waals surface area contributed by atoms with E-state index in [2.05, 4.69) is 15.5 Å². The monoisotopic (exact) mass is 387 g/mol. The molecule has 2 aromatic carbocycles. The van der Waals surface area contributed by atoms with E-state index < -0.39 is 15.7 Å². The topological polar surface area (TPSA) is 111 Å². The van der Waals surface area contributed by atoms with Crippen LogP contribution >= 0.6 is 0 Å². The van der Waals surface area contributed by atoms with Crippen molar-refractivity contribution in [3.63, 3.8) is 0 Å². The lowest BCUT2D eigenvalue weighted by Gasteiger charge is -2.09. The lowest BCUT2D eigenvalue weighted by Crippen LogP contribution is -2.23. The van der Waals surface area contributed by atoms with Crippen LogP contribution in [-0.4, -0.2) is 37.9 Å². The van der Waals surface area contributed by atoms with E-state index in [-0.39, 0.29) is 28.6 Å². The van der Waals surface area contributed by atoms with Crippen molar-refractivity contribution < 1.29 is 22.4 Å². The Morgan fingerprint density at radius 3 is 2.56 bits per heavy atom. The van der Waals surface area contributed by atoms with Crippen LogP contribution in [0.15, 0.2) is 57.8 Å². The summed E-state index contributed by atoms with van der Waals surface area (Å²) in [6, 6.07) is 13.4. The van der Waals surface area contributed by atoms with Crippen molar-refractivity contribution in [1.29, 1.82) is 0 Å². The Morgan fingerprint density at radius 1 is 1.15 bits per heavy atom. The summed E-state index contributed by atoms with van der Waals surface area (Å²) < 4.78 is 34.3. The average molecular weight is 387 g/mol. The zero-order valence-electron chi connectivity index (χ0n) is 14.7. The van der Waals surface area contributed by atoms with Gasteiger partial charge in [-0.15, -0.1) is 10.2 Å². The van der Waals surface area contributed by atoms with Crippen LogP contribution in [0.3, 0.4) is 0 Å². The lowest BCUT2D eigenvalue weighted by molar-refractivity contribution is 0.0947. The molecule has 1 amide bonds. The SMILES string of the molecule is COc1ccc(C(=O)NCc2nnc(-c3ccccc3)o2)cc1S(C)(=O)=O. The molecule has 0 aliphatic carbocycles. The molecule has 0 saturated carbocycles. The van der Waals surface area contributed by atoms with E-state index in [1.54, 1.807) is 0 Å². The average Bonchev–Trinajstić information content (AvgIpc) is 3.14. The van der Waals surface area contributed by atoms with Crippen molar-refractivity contribution in [3.8, 4) is 17.2 Å². The molecule has 0 saturated heterocycles. The number of carbonyl (C=O) groups excluding carboxylic acids is 1. The third kappa shape index (κ3) is 4.32. The Morgan fingerprint density at radius 2 is 1.89 bits per heavy atom. The fourth-order valence-corrected chi connectivity index (χ4v) is 3.25. The second-order valence-electron chi connectivity index (χ2n) is 5.69. The molecule has 3 aromatic rings. The molecule has 0 bridgehead atoms. The molecule has 0 aliphatic rings. The number of nitrogens with one attached hydrogen (secondary N) is 1. The summed E-state index contributed by atoms with van der Waals surface area (Å²) in [5.41, 5.74) is 0.953. The van der Waals surface area contributed by atoms with Gasteiger partial charge in [0.2, 0.25) is 11.8 Å². The number of aromatic nitrogens is 2. The van der Waals surface area contributed by atoms with Crippen molar-refractivity contribution >= 4 is 15.7 Å². The molecular formula is C18H17N3O5S. The van der Waals surface area contributed by atoms with Gasteiger partial charge in [-0.2, -0.15) is 0 Å². The summed E-state index contributed by atoms with van der Waals surface area (Å²) in [6.07, 6.45) is 1.05. The maximum Gasteiger partial charge on any atom is 0.251 e. The number of amides is 1. The van der Waals surface area contributed by atoms with E-state index >= 15 is 0 Å². The fourth-order valence-electron chi connectivity index (χ4n) is 2.39. The van der Waals surface area contributed by atoms with Crippen LogP contribution in [-0.2, 0) is 16.4 Å². The number of nitrogens with zero attached hydrogens (tertiary/aromatic N) is 2. The quantitative estimate of drug-likeness (QED) is 0.689. The molecular weight excluding hydrogens is 370 g/mol. The summed E-state index contributed by atoms with van der Waals surface area (Å²) in [4.78, 5) is 12.3. The Balaban J connectivity index is 1.72. The molecule has 1 heterocycles. The van der Waals surface area contributed by atoms with Crippen LogP contribution in [0.5, 0.6) is 5.75 Å². The summed E-state index contributed by atoms with van der Waals surface area (Å²) in [5, 5.41) is 10.5. The van der Waals surface area contributed by atoms with Crippen LogP contribution in [0.4, 0.5) is 0 Å². The Hall–Kier alpha value is -3.20. The van der Waals surface area contributed by atoms with Gasteiger partial charge in [0.1, 0.15) is 10.6 Å². The molecule has 1 aromatic heterocycles. The largest absolute Gasteiger partial charge is 0.495 e. The zero-order chi connectivity index (χ0) is 19.4. The van der Waals surface area contributed by atoms with Crippen molar-refractivity contribution in [1.82, 2.24) is 15.5 Å². The molecule has 0 radical (unpaired) electrons. The van der Waals surface area contributed by atoms with Crippen molar-refractivity contribution in [3.05, 3.63) is 60.0 Å². The molecule has 27 heavy (non-hydrogen) atoms. The Labute approximate surface area is 156 Å². The van der Waals surface area contributed by atoms with Crippen LogP contribution in [0.2, 0.25) is 0 Å². The molecule has 140 valence electrons. The highest BCUT2D eigenvalue weighted by atomic mass is 32.2. The summed E-state index contributed by atoms with van der Waals surface area (Å²) in [6.45, 7) is 0.0128. The fraction of sp³-hybridized carbons (Fsp3) is 0.167. The van der Waals surface area contributed by atoms with Crippen LogP contribution < -0.4 is 10.1 Å². The van der Waals surface area contributed by atoms with Gasteiger partial charge >= 0.3 is 0 Å². The number of methoxy groups -OCH3 is 1. The van der Waals surface area contributed by atoms with E-state index in [0.717, 1.165) is 11.8 Å². The standard InChI is InChI=1S/C18H17N3O5S/c1-25-14-9-8-13(10-15(14)27(2,23)24)17(22)19-11-16-20-21-18(26-16)12-6-4-3-5-7-12/h3-10H,11H2,1-2H3,(H,19,22). The highest BCUT2D eigenvalue weighted by Gasteiger charge is 2.18.